The molecule has 0 aromatic carbocycles. The first-order valence-electron chi connectivity index (χ1n) is 5.04. The van der Waals surface area contributed by atoms with Gasteiger partial charge in [0.2, 0.25) is 0 Å². The molecule has 0 aliphatic rings. The van der Waals surface area contributed by atoms with Gasteiger partial charge in [-0.1, -0.05) is 23.4 Å². The molecule has 2 heterocycles. The number of rotatable bonds is 3. The van der Waals surface area contributed by atoms with Gasteiger partial charge in [-0.25, -0.2) is 9.97 Å². The maximum absolute atomic E-state index is 6.02. The van der Waals surface area contributed by atoms with Crippen LogP contribution < -0.4 is 5.73 Å². The first kappa shape index (κ1) is 12.3. The van der Waals surface area contributed by atoms with Crippen molar-refractivity contribution in [3.63, 3.8) is 0 Å². The van der Waals surface area contributed by atoms with Crippen LogP contribution in [0.5, 0.6) is 0 Å². The molecule has 0 aliphatic heterocycles. The van der Waals surface area contributed by atoms with Crippen molar-refractivity contribution in [1.29, 1.82) is 0 Å². The molecule has 0 aliphatic carbocycles. The standard InChI is InChI=1S/C11H12ClN3OS/c1-6-7(2)16-11(14-6)17-5-9-8(12)3-4-10(13)15-9/h3-4H,5H2,1-2H3,(H2,13,15). The van der Waals surface area contributed by atoms with E-state index in [1.165, 1.54) is 11.8 Å². The van der Waals surface area contributed by atoms with E-state index < -0.39 is 0 Å². The number of halogens is 1. The minimum atomic E-state index is 0.463. The predicted octanol–water partition coefficient (Wildman–Crippen LogP) is 3.21. The molecule has 6 heteroatoms. The largest absolute Gasteiger partial charge is 0.437 e. The average molecular weight is 270 g/mol. The zero-order valence-electron chi connectivity index (χ0n) is 9.53. The molecular formula is C11H12ClN3OS. The molecular weight excluding hydrogens is 258 g/mol. The van der Waals surface area contributed by atoms with Gasteiger partial charge in [0.25, 0.3) is 5.22 Å². The van der Waals surface area contributed by atoms with Gasteiger partial charge in [0.1, 0.15) is 11.6 Å². The van der Waals surface area contributed by atoms with Crippen LogP contribution >= 0.6 is 23.4 Å². The first-order chi connectivity index (χ1) is 8.06. The Hall–Kier alpha value is -1.20. The molecule has 0 saturated heterocycles. The first-order valence-corrected chi connectivity index (χ1v) is 6.40. The molecule has 2 aromatic rings. The van der Waals surface area contributed by atoms with Crippen molar-refractivity contribution >= 4 is 29.2 Å². The highest BCUT2D eigenvalue weighted by Crippen LogP contribution is 2.26. The topological polar surface area (TPSA) is 64.9 Å². The summed E-state index contributed by atoms with van der Waals surface area (Å²) in [4.78, 5) is 8.44. The Kier molecular flexibility index (Phi) is 3.59. The quantitative estimate of drug-likeness (QED) is 0.867. The minimum Gasteiger partial charge on any atom is -0.437 e. The van der Waals surface area contributed by atoms with Crippen LogP contribution in [0, 0.1) is 13.8 Å². The number of anilines is 1. The summed E-state index contributed by atoms with van der Waals surface area (Å²) in [5.74, 6) is 1.88. The van der Waals surface area contributed by atoms with Gasteiger partial charge in [0.15, 0.2) is 0 Å². The second-order valence-electron chi connectivity index (χ2n) is 3.57. The summed E-state index contributed by atoms with van der Waals surface area (Å²) in [7, 11) is 0. The number of nitrogens with zero attached hydrogens (tertiary/aromatic N) is 2. The van der Waals surface area contributed by atoms with Crippen LogP contribution in [-0.2, 0) is 5.75 Å². The van der Waals surface area contributed by atoms with Crippen LogP contribution in [0.15, 0.2) is 21.8 Å². The van der Waals surface area contributed by atoms with Crippen molar-refractivity contribution in [2.75, 3.05) is 5.73 Å². The zero-order chi connectivity index (χ0) is 12.4. The maximum Gasteiger partial charge on any atom is 0.256 e. The van der Waals surface area contributed by atoms with Gasteiger partial charge in [-0.05, 0) is 26.0 Å². The lowest BCUT2D eigenvalue weighted by molar-refractivity contribution is 0.431. The molecule has 0 radical (unpaired) electrons. The summed E-state index contributed by atoms with van der Waals surface area (Å²) in [5.41, 5.74) is 7.25. The Labute approximate surface area is 109 Å². The molecule has 2 N–H and O–H groups in total. The van der Waals surface area contributed by atoms with E-state index in [4.69, 9.17) is 21.8 Å². The van der Waals surface area contributed by atoms with Crippen LogP contribution in [0.4, 0.5) is 5.82 Å². The van der Waals surface area contributed by atoms with E-state index in [1.807, 2.05) is 13.8 Å². The Balaban J connectivity index is 2.09. The number of pyridine rings is 1. The second-order valence-corrected chi connectivity index (χ2v) is 4.91. The molecule has 2 rings (SSSR count). The van der Waals surface area contributed by atoms with Crippen LogP contribution in [0.2, 0.25) is 5.02 Å². The number of oxazole rings is 1. The second kappa shape index (κ2) is 4.98. The molecule has 17 heavy (non-hydrogen) atoms. The fourth-order valence-corrected chi connectivity index (χ4v) is 2.35. The van der Waals surface area contributed by atoms with Gasteiger partial charge < -0.3 is 10.2 Å². The van der Waals surface area contributed by atoms with Crippen LogP contribution in [0.25, 0.3) is 0 Å². The Bertz CT molecular complexity index is 522. The van der Waals surface area contributed by atoms with Crippen molar-refractivity contribution in [2.24, 2.45) is 0 Å². The third-order valence-electron chi connectivity index (χ3n) is 2.28. The van der Waals surface area contributed by atoms with Crippen LogP contribution in [-0.4, -0.2) is 9.97 Å². The molecule has 0 amide bonds. The van der Waals surface area contributed by atoms with Gasteiger partial charge in [-0.15, -0.1) is 0 Å². The van der Waals surface area contributed by atoms with Crippen molar-refractivity contribution in [1.82, 2.24) is 9.97 Å². The number of aryl methyl sites for hydroxylation is 2. The zero-order valence-corrected chi connectivity index (χ0v) is 11.1. The van der Waals surface area contributed by atoms with E-state index in [0.717, 1.165) is 17.1 Å². The molecule has 0 saturated carbocycles. The third-order valence-corrected chi connectivity index (χ3v) is 3.46. The molecule has 0 bridgehead atoms. The fourth-order valence-electron chi connectivity index (χ4n) is 1.24. The lowest BCUT2D eigenvalue weighted by Gasteiger charge is -2.02. The summed E-state index contributed by atoms with van der Waals surface area (Å²) in [6.45, 7) is 3.80. The third kappa shape index (κ3) is 2.92. The highest BCUT2D eigenvalue weighted by Gasteiger charge is 2.09. The van der Waals surface area contributed by atoms with E-state index in [-0.39, 0.29) is 0 Å². The normalized spacial score (nSPS) is 10.8. The lowest BCUT2D eigenvalue weighted by Crippen LogP contribution is -1.95. The summed E-state index contributed by atoms with van der Waals surface area (Å²) >= 11 is 7.47. The maximum atomic E-state index is 6.02. The number of hydrogen-bond acceptors (Lipinski definition) is 5. The van der Waals surface area contributed by atoms with Gasteiger partial charge in [0, 0.05) is 5.75 Å². The van der Waals surface area contributed by atoms with Crippen molar-refractivity contribution < 1.29 is 4.42 Å². The van der Waals surface area contributed by atoms with Gasteiger partial charge in [0.05, 0.1) is 16.4 Å². The number of hydrogen-bond donors (Lipinski definition) is 1. The van der Waals surface area contributed by atoms with E-state index in [2.05, 4.69) is 9.97 Å². The lowest BCUT2D eigenvalue weighted by atomic mass is 10.4. The van der Waals surface area contributed by atoms with Gasteiger partial charge >= 0.3 is 0 Å². The number of nitrogens with two attached hydrogens (primary N) is 1. The van der Waals surface area contributed by atoms with Crippen molar-refractivity contribution in [2.45, 2.75) is 24.8 Å². The van der Waals surface area contributed by atoms with Crippen LogP contribution in [0.3, 0.4) is 0 Å². The SMILES string of the molecule is Cc1nc(SCc2nc(N)ccc2Cl)oc1C. The highest BCUT2D eigenvalue weighted by atomic mass is 35.5. The molecule has 0 unspecified atom stereocenters. The van der Waals surface area contributed by atoms with E-state index in [9.17, 15) is 0 Å². The Morgan fingerprint density at radius 3 is 2.76 bits per heavy atom. The van der Waals surface area contributed by atoms with Crippen molar-refractivity contribution in [3.05, 3.63) is 34.3 Å². The summed E-state index contributed by atoms with van der Waals surface area (Å²) < 4.78 is 5.46. The Morgan fingerprint density at radius 2 is 2.12 bits per heavy atom. The van der Waals surface area contributed by atoms with E-state index >= 15 is 0 Å². The molecule has 0 fully saturated rings. The number of thioether (sulfide) groups is 1. The van der Waals surface area contributed by atoms with Gasteiger partial charge in [-0.3, -0.25) is 0 Å². The molecule has 0 atom stereocenters. The summed E-state index contributed by atoms with van der Waals surface area (Å²) in [6, 6.07) is 3.42. The average Bonchev–Trinajstić information content (AvgIpc) is 2.60. The molecule has 0 spiro atoms. The molecule has 2 aromatic heterocycles. The summed E-state index contributed by atoms with van der Waals surface area (Å²) in [5, 5.41) is 1.23. The predicted molar refractivity (Wildman–Crippen MR) is 69.2 cm³/mol. The monoisotopic (exact) mass is 269 g/mol. The number of aromatic nitrogens is 2. The smallest absolute Gasteiger partial charge is 0.256 e. The molecule has 4 nitrogen and oxygen atoms in total. The molecule has 90 valence electrons. The highest BCUT2D eigenvalue weighted by molar-refractivity contribution is 7.98. The van der Waals surface area contributed by atoms with Gasteiger partial charge in [-0.2, -0.15) is 0 Å². The summed E-state index contributed by atoms with van der Waals surface area (Å²) in [6.07, 6.45) is 0. The van der Waals surface area contributed by atoms with Crippen LogP contribution in [0.1, 0.15) is 17.1 Å². The van der Waals surface area contributed by atoms with Crippen molar-refractivity contribution in [3.8, 4) is 0 Å². The van der Waals surface area contributed by atoms with E-state index in [1.54, 1.807) is 12.1 Å². The fraction of sp³-hybridized carbons (Fsp3) is 0.273. The Morgan fingerprint density at radius 1 is 1.35 bits per heavy atom. The number of nitrogen functional groups attached to an aromatic ring is 1. The van der Waals surface area contributed by atoms with E-state index in [0.29, 0.717) is 21.8 Å². The minimum absolute atomic E-state index is 0.463.